The summed E-state index contributed by atoms with van der Waals surface area (Å²) < 4.78 is 26.4. The summed E-state index contributed by atoms with van der Waals surface area (Å²) >= 11 is 0. The van der Waals surface area contributed by atoms with Crippen molar-refractivity contribution >= 4 is 17.8 Å². The normalized spacial score (nSPS) is 10.8. The molecule has 2 rings (SSSR count). The van der Waals surface area contributed by atoms with E-state index in [2.05, 4.69) is 0 Å². The lowest BCUT2D eigenvalue weighted by molar-refractivity contribution is 0.0997. The lowest BCUT2D eigenvalue weighted by atomic mass is 10.1. The fourth-order valence-electron chi connectivity index (χ4n) is 1.70. The van der Waals surface area contributed by atoms with E-state index in [0.717, 1.165) is 24.3 Å². The molecule has 5 heteroatoms. The third-order valence-electron chi connectivity index (χ3n) is 2.83. The maximum atomic E-state index is 13.4. The minimum Gasteiger partial charge on any atom is -0.366 e. The molecule has 0 saturated carbocycles. The first kappa shape index (κ1) is 14.6. The fraction of sp³-hybridized carbons (Fsp3) is 0. The number of carbonyl (C=O) groups is 2. The summed E-state index contributed by atoms with van der Waals surface area (Å²) in [7, 11) is 0. The van der Waals surface area contributed by atoms with E-state index in [4.69, 9.17) is 5.73 Å². The summed E-state index contributed by atoms with van der Waals surface area (Å²) in [4.78, 5) is 22.8. The first-order valence-electron chi connectivity index (χ1n) is 6.04. The summed E-state index contributed by atoms with van der Waals surface area (Å²) in [5.41, 5.74) is 5.67. The molecule has 0 bridgehead atoms. The second-order valence-corrected chi connectivity index (χ2v) is 4.31. The summed E-state index contributed by atoms with van der Waals surface area (Å²) in [6, 6.07) is 8.70. The highest BCUT2D eigenvalue weighted by atomic mass is 19.1. The van der Waals surface area contributed by atoms with Gasteiger partial charge in [0.05, 0.1) is 0 Å². The van der Waals surface area contributed by atoms with Gasteiger partial charge in [-0.05, 0) is 42.5 Å². The number of ketones is 1. The topological polar surface area (TPSA) is 60.2 Å². The van der Waals surface area contributed by atoms with Crippen LogP contribution < -0.4 is 5.73 Å². The predicted molar refractivity (Wildman–Crippen MR) is 74.7 cm³/mol. The van der Waals surface area contributed by atoms with E-state index in [0.29, 0.717) is 5.56 Å². The van der Waals surface area contributed by atoms with E-state index < -0.39 is 23.3 Å². The number of hydrogen-bond donors (Lipinski definition) is 1. The number of rotatable bonds is 4. The van der Waals surface area contributed by atoms with Gasteiger partial charge in [0.1, 0.15) is 11.6 Å². The molecule has 0 aliphatic carbocycles. The molecular formula is C16H11F2NO2. The van der Waals surface area contributed by atoms with Crippen LogP contribution in [0.2, 0.25) is 0 Å². The lowest BCUT2D eigenvalue weighted by Gasteiger charge is -1.99. The maximum Gasteiger partial charge on any atom is 0.248 e. The minimum absolute atomic E-state index is 0.0166. The molecule has 3 nitrogen and oxygen atoms in total. The Morgan fingerprint density at radius 2 is 1.57 bits per heavy atom. The number of primary amides is 1. The molecule has 1 amide bonds. The van der Waals surface area contributed by atoms with Gasteiger partial charge in [-0.25, -0.2) is 8.78 Å². The van der Waals surface area contributed by atoms with Crippen LogP contribution in [0.1, 0.15) is 26.3 Å². The molecule has 0 heterocycles. The highest BCUT2D eigenvalue weighted by molar-refractivity contribution is 6.07. The molecule has 0 saturated heterocycles. The highest BCUT2D eigenvalue weighted by Crippen LogP contribution is 2.12. The van der Waals surface area contributed by atoms with Gasteiger partial charge in [-0.1, -0.05) is 12.1 Å². The summed E-state index contributed by atoms with van der Waals surface area (Å²) in [6.45, 7) is 0. The average Bonchev–Trinajstić information content (AvgIpc) is 2.48. The second kappa shape index (κ2) is 6.09. The minimum atomic E-state index is -0.621. The van der Waals surface area contributed by atoms with Crippen LogP contribution in [0.15, 0.2) is 48.5 Å². The molecule has 0 aromatic heterocycles. The van der Waals surface area contributed by atoms with Crippen molar-refractivity contribution in [3.8, 4) is 0 Å². The molecule has 21 heavy (non-hydrogen) atoms. The van der Waals surface area contributed by atoms with Crippen LogP contribution in [0.25, 0.3) is 6.08 Å². The number of carbonyl (C=O) groups excluding carboxylic acids is 2. The molecule has 0 fully saturated rings. The van der Waals surface area contributed by atoms with Crippen molar-refractivity contribution in [1.82, 2.24) is 0 Å². The van der Waals surface area contributed by atoms with E-state index in [1.165, 1.54) is 30.3 Å². The van der Waals surface area contributed by atoms with Crippen molar-refractivity contribution in [3.05, 3.63) is 76.9 Å². The Kier molecular flexibility index (Phi) is 4.23. The molecule has 0 unspecified atom stereocenters. The van der Waals surface area contributed by atoms with Gasteiger partial charge in [0.15, 0.2) is 5.78 Å². The number of halogens is 2. The van der Waals surface area contributed by atoms with Crippen LogP contribution in [0, 0.1) is 11.6 Å². The second-order valence-electron chi connectivity index (χ2n) is 4.31. The molecule has 0 spiro atoms. The van der Waals surface area contributed by atoms with E-state index in [-0.39, 0.29) is 11.1 Å². The summed E-state index contributed by atoms with van der Waals surface area (Å²) in [5, 5.41) is 0. The maximum absolute atomic E-state index is 13.4. The van der Waals surface area contributed by atoms with Crippen molar-refractivity contribution in [3.63, 3.8) is 0 Å². The Hall–Kier alpha value is -2.82. The van der Waals surface area contributed by atoms with E-state index in [9.17, 15) is 18.4 Å². The monoisotopic (exact) mass is 287 g/mol. The van der Waals surface area contributed by atoms with E-state index >= 15 is 0 Å². The van der Waals surface area contributed by atoms with Crippen molar-refractivity contribution in [2.45, 2.75) is 0 Å². The Morgan fingerprint density at radius 1 is 0.952 bits per heavy atom. The first-order valence-corrected chi connectivity index (χ1v) is 6.04. The molecule has 2 aromatic rings. The summed E-state index contributed by atoms with van der Waals surface area (Å²) in [6.07, 6.45) is 2.33. The van der Waals surface area contributed by atoms with Gasteiger partial charge in [-0.2, -0.15) is 0 Å². The number of allylic oxidation sites excluding steroid dienone is 1. The zero-order valence-electron chi connectivity index (χ0n) is 10.8. The SMILES string of the molecule is NC(=O)c1ccc(C(=O)/C=C/c2cc(F)ccc2F)cc1. The van der Waals surface area contributed by atoms with Gasteiger partial charge in [0, 0.05) is 16.7 Å². The molecular weight excluding hydrogens is 276 g/mol. The highest BCUT2D eigenvalue weighted by Gasteiger charge is 2.05. The largest absolute Gasteiger partial charge is 0.366 e. The number of hydrogen-bond acceptors (Lipinski definition) is 2. The van der Waals surface area contributed by atoms with Gasteiger partial charge in [0.2, 0.25) is 5.91 Å². The molecule has 0 aliphatic heterocycles. The van der Waals surface area contributed by atoms with Gasteiger partial charge in [-0.3, -0.25) is 9.59 Å². The van der Waals surface area contributed by atoms with Crippen molar-refractivity contribution in [2.75, 3.05) is 0 Å². The van der Waals surface area contributed by atoms with Gasteiger partial charge in [0.25, 0.3) is 0 Å². The first-order chi connectivity index (χ1) is 9.97. The molecule has 106 valence electrons. The fourth-order valence-corrected chi connectivity index (χ4v) is 1.70. The third-order valence-corrected chi connectivity index (χ3v) is 2.83. The number of nitrogens with two attached hydrogens (primary N) is 1. The molecule has 0 aliphatic rings. The van der Waals surface area contributed by atoms with Gasteiger partial charge in [-0.15, -0.1) is 0 Å². The van der Waals surface area contributed by atoms with E-state index in [1.54, 1.807) is 0 Å². The van der Waals surface area contributed by atoms with Crippen molar-refractivity contribution < 1.29 is 18.4 Å². The van der Waals surface area contributed by atoms with Crippen LogP contribution in [0.3, 0.4) is 0 Å². The zero-order chi connectivity index (χ0) is 15.4. The van der Waals surface area contributed by atoms with E-state index in [1.807, 2.05) is 0 Å². The zero-order valence-corrected chi connectivity index (χ0v) is 10.8. The van der Waals surface area contributed by atoms with Gasteiger partial charge >= 0.3 is 0 Å². The molecule has 0 atom stereocenters. The van der Waals surface area contributed by atoms with Crippen molar-refractivity contribution in [2.24, 2.45) is 5.73 Å². The predicted octanol–water partition coefficient (Wildman–Crippen LogP) is 2.96. The third kappa shape index (κ3) is 3.60. The average molecular weight is 287 g/mol. The van der Waals surface area contributed by atoms with Crippen LogP contribution in [0.5, 0.6) is 0 Å². The Labute approximate surface area is 119 Å². The van der Waals surface area contributed by atoms with Crippen LogP contribution in [-0.4, -0.2) is 11.7 Å². The lowest BCUT2D eigenvalue weighted by Crippen LogP contribution is -2.10. The smallest absolute Gasteiger partial charge is 0.248 e. The van der Waals surface area contributed by atoms with Gasteiger partial charge < -0.3 is 5.73 Å². The Bertz CT molecular complexity index is 722. The Morgan fingerprint density at radius 3 is 2.19 bits per heavy atom. The quantitative estimate of drug-likeness (QED) is 0.694. The van der Waals surface area contributed by atoms with Crippen molar-refractivity contribution in [1.29, 1.82) is 0 Å². The van der Waals surface area contributed by atoms with Crippen LogP contribution >= 0.6 is 0 Å². The van der Waals surface area contributed by atoms with Crippen LogP contribution in [0.4, 0.5) is 8.78 Å². The Balaban J connectivity index is 2.19. The standard InChI is InChI=1S/C16H11F2NO2/c17-13-6-7-14(18)12(9-13)5-8-15(20)10-1-3-11(4-2-10)16(19)21/h1-9H,(H2,19,21)/b8-5+. The molecule has 2 N–H and O–H groups in total. The molecule has 2 aromatic carbocycles. The number of benzene rings is 2. The molecule has 0 radical (unpaired) electrons. The van der Waals surface area contributed by atoms with Crippen LogP contribution in [-0.2, 0) is 0 Å². The summed E-state index contributed by atoms with van der Waals surface area (Å²) in [5.74, 6) is -2.19. The number of amides is 1.